The first kappa shape index (κ1) is 97.8. The Hall–Kier alpha value is -3.17. The highest BCUT2D eigenvalue weighted by Crippen LogP contribution is 2.65. The van der Waals surface area contributed by atoms with Crippen molar-refractivity contribution >= 4 is 26.4 Å². The van der Waals surface area contributed by atoms with Crippen LogP contribution < -0.4 is 0 Å². The molecule has 0 aliphatic rings. The van der Waals surface area contributed by atoms with Gasteiger partial charge in [0.05, 0.1) is 5.54 Å². The van der Waals surface area contributed by atoms with Gasteiger partial charge in [0, 0.05) is 81.5 Å². The van der Waals surface area contributed by atoms with E-state index in [0.29, 0.717) is 0 Å². The zero-order valence-corrected chi connectivity index (χ0v) is 51.9. The number of ether oxygens (including phenoxy) is 6. The monoisotopic (exact) mass is 1680 g/mol. The lowest BCUT2D eigenvalue weighted by atomic mass is 10.0. The zero-order chi connectivity index (χ0) is 82.0. The van der Waals surface area contributed by atoms with E-state index in [4.69, 9.17) is 13.3 Å². The first-order chi connectivity index (χ1) is 43.8. The molecule has 0 aromatic rings. The largest absolute Gasteiger partial charge is 0.509 e. The summed E-state index contributed by atoms with van der Waals surface area (Å²) in [7, 11) is -21.6. The number of halogens is 46. The maximum Gasteiger partial charge on any atom is 0.509 e. The third kappa shape index (κ3) is 17.5. The molecule has 64 heteroatoms. The minimum absolute atomic E-state index is 0.0475. The number of rotatable bonds is 37. The highest BCUT2D eigenvalue weighted by Gasteiger charge is 2.91. The van der Waals surface area contributed by atoms with E-state index < -0.39 is 195 Å². The Kier molecular flexibility index (Phi) is 28.5. The minimum atomic E-state index is -9.30. The van der Waals surface area contributed by atoms with E-state index in [1.54, 1.807) is 0 Å². The lowest BCUT2D eigenvalue weighted by Gasteiger charge is -2.47. The topological polar surface area (TPSA) is 138 Å². The Balaban J connectivity index is 9.56. The SMILES string of the molecule is CO[Si](OC)(OC)C(CC(CC(F)(OC(F)(F)C(F)(OC(F)(F)C(F)(OC(F)(F)C(F)(F)C(F)(F)F)C(F)(F)F)C(F)(F)F)C(F)(F)F)[Si](OC)(OC)OC)CC(C(F)(OC(F)(F)C(F)(OC(F)(F)C(F)(OC(F)(F)C(F)(F)C(F)(F)F)C(F)(F)F)C(F)(F)F)C(F)(F)F)[Si](OC)(OC)OC. The van der Waals surface area contributed by atoms with Gasteiger partial charge >= 0.3 is 159 Å². The van der Waals surface area contributed by atoms with Crippen LogP contribution in [-0.2, 0) is 68.3 Å². The molecule has 608 valence electrons. The molecule has 101 heavy (non-hydrogen) atoms. The fourth-order valence-electron chi connectivity index (χ4n) is 7.87. The van der Waals surface area contributed by atoms with Crippen molar-refractivity contribution in [3.63, 3.8) is 0 Å². The van der Waals surface area contributed by atoms with E-state index in [1.807, 2.05) is 0 Å². The Morgan fingerprint density at radius 2 is 0.436 bits per heavy atom. The maximum absolute atomic E-state index is 17.6. The van der Waals surface area contributed by atoms with Crippen molar-refractivity contribution in [1.29, 1.82) is 0 Å². The van der Waals surface area contributed by atoms with E-state index in [1.165, 1.54) is 9.47 Å². The molecule has 0 aromatic heterocycles. The van der Waals surface area contributed by atoms with Crippen LogP contribution in [0.2, 0.25) is 16.6 Å². The molecule has 0 radical (unpaired) electrons. The molecule has 0 saturated carbocycles. The van der Waals surface area contributed by atoms with E-state index in [-0.39, 0.29) is 64.0 Å². The summed E-state index contributed by atoms with van der Waals surface area (Å²) < 4.78 is 714. The molecule has 0 spiro atoms. The fraction of sp³-hybridized carbons (Fsp3) is 1.00. The van der Waals surface area contributed by atoms with Gasteiger partial charge in [-0.15, -0.1) is 0 Å². The van der Waals surface area contributed by atoms with Crippen LogP contribution in [-0.4, -0.2) is 223 Å². The third-order valence-corrected chi connectivity index (χ3v) is 22.4. The van der Waals surface area contributed by atoms with Gasteiger partial charge in [0.2, 0.25) is 0 Å². The number of hydrogen-bond acceptors (Lipinski definition) is 15. The second-order valence-corrected chi connectivity index (χ2v) is 28.5. The van der Waals surface area contributed by atoms with Gasteiger partial charge in [-0.3, -0.25) is 28.4 Å². The summed E-state index contributed by atoms with van der Waals surface area (Å²) in [5, 5.41) is 0. The molecule has 0 heterocycles. The standard InChI is InChI=1S/C37H36F46O15Si3/c1-84-99(85-2,86-3)13(11-15(101(90-7,91-8)92-9)17(39,25(51,52)53)94-35(78,79)21(45,29(63,64)65)98-37(82,83)23(47,31(69,70)71)96-33(74,75)19(42,43)27(57,58)59)10-14(100(87-4,88-5)89-6)12-16(38,24(48,49)50)93-34(76,77)20(44,28(60,61)62)97-36(80,81)22(46,30(66,67)68)95-32(72,73)18(40,41)26(54,55)56/h13-15H,10-12H2,1-9H3. The van der Waals surface area contributed by atoms with Crippen LogP contribution in [0.5, 0.6) is 0 Å². The molecular formula is C37H36F46O15Si3. The van der Waals surface area contributed by atoms with Crippen LogP contribution in [0.3, 0.4) is 0 Å². The van der Waals surface area contributed by atoms with Gasteiger partial charge in [-0.25, -0.2) is 8.78 Å². The summed E-state index contributed by atoms with van der Waals surface area (Å²) in [6.45, 7) is 0. The van der Waals surface area contributed by atoms with Crippen LogP contribution in [0.1, 0.15) is 19.3 Å². The molecule has 0 rings (SSSR count). The van der Waals surface area contributed by atoms with Gasteiger partial charge in [-0.2, -0.15) is 193 Å². The Morgan fingerprint density at radius 3 is 0.644 bits per heavy atom. The van der Waals surface area contributed by atoms with Gasteiger partial charge in [0.25, 0.3) is 0 Å². The first-order valence-electron chi connectivity index (χ1n) is 23.7. The van der Waals surface area contributed by atoms with Gasteiger partial charge in [0.15, 0.2) is 0 Å². The summed E-state index contributed by atoms with van der Waals surface area (Å²) in [6.07, 6.45) is -133. The van der Waals surface area contributed by atoms with Crippen molar-refractivity contribution in [3.8, 4) is 0 Å². The van der Waals surface area contributed by atoms with Crippen molar-refractivity contribution in [2.45, 2.75) is 169 Å². The second-order valence-electron chi connectivity index (χ2n) is 18.9. The molecule has 9 unspecified atom stereocenters. The molecule has 9 atom stereocenters. The molecule has 0 fully saturated rings. The molecule has 0 aliphatic heterocycles. The fourth-order valence-corrected chi connectivity index (χ4v) is 16.1. The van der Waals surface area contributed by atoms with Gasteiger partial charge < -0.3 is 39.8 Å². The third-order valence-electron chi connectivity index (χ3n) is 12.9. The van der Waals surface area contributed by atoms with E-state index in [9.17, 15) is 127 Å². The van der Waals surface area contributed by atoms with E-state index >= 15 is 74.6 Å². The Labute approximate surface area is 529 Å². The summed E-state index contributed by atoms with van der Waals surface area (Å²) in [4.78, 5) is 0. The van der Waals surface area contributed by atoms with E-state index in [2.05, 4.69) is 36.0 Å². The average molecular weight is 1680 g/mol. The summed E-state index contributed by atoms with van der Waals surface area (Å²) in [6, 6.07) is 0. The highest BCUT2D eigenvalue weighted by molar-refractivity contribution is 6.65. The molecule has 0 amide bonds. The molecule has 0 N–H and O–H groups in total. The molecule has 0 saturated heterocycles. The van der Waals surface area contributed by atoms with Crippen LogP contribution in [0.15, 0.2) is 0 Å². The predicted octanol–water partition coefficient (Wildman–Crippen LogP) is 16.3. The van der Waals surface area contributed by atoms with Gasteiger partial charge in [0.1, 0.15) is 0 Å². The van der Waals surface area contributed by atoms with Crippen molar-refractivity contribution in [3.05, 3.63) is 0 Å². The van der Waals surface area contributed by atoms with Crippen LogP contribution in [0.4, 0.5) is 202 Å². The van der Waals surface area contributed by atoms with Crippen molar-refractivity contribution in [2.75, 3.05) is 64.0 Å². The maximum atomic E-state index is 17.6. The molecule has 0 aromatic carbocycles. The van der Waals surface area contributed by atoms with Gasteiger partial charge in [-0.05, 0) is 12.8 Å². The van der Waals surface area contributed by atoms with E-state index in [0.717, 1.165) is 9.47 Å². The molecular weight excluding hydrogens is 1640 g/mol. The lowest BCUT2D eigenvalue weighted by Crippen LogP contribution is -2.71. The predicted molar refractivity (Wildman–Crippen MR) is 223 cm³/mol. The number of alkyl halides is 46. The van der Waals surface area contributed by atoms with Gasteiger partial charge in [-0.1, -0.05) is 0 Å². The molecule has 15 nitrogen and oxygen atoms in total. The zero-order valence-electron chi connectivity index (χ0n) is 48.9. The summed E-state index contributed by atoms with van der Waals surface area (Å²) in [5.74, 6) is -69.5. The normalized spacial score (nSPS) is 20.1. The molecule has 0 bridgehead atoms. The van der Waals surface area contributed by atoms with Crippen molar-refractivity contribution in [1.82, 2.24) is 0 Å². The Morgan fingerprint density at radius 1 is 0.218 bits per heavy atom. The average Bonchev–Trinajstić information content (AvgIpc) is 0.720. The number of hydrogen-bond donors (Lipinski definition) is 0. The van der Waals surface area contributed by atoms with Crippen LogP contribution in [0.25, 0.3) is 0 Å². The molecule has 0 aliphatic carbocycles. The first-order valence-corrected chi connectivity index (χ1v) is 29.1. The lowest BCUT2D eigenvalue weighted by molar-refractivity contribution is -0.579. The van der Waals surface area contributed by atoms with Crippen molar-refractivity contribution < 1.29 is 270 Å². The quantitative estimate of drug-likeness (QED) is 0.0430. The second kappa shape index (κ2) is 29.4. The Bertz CT molecular complexity index is 2650. The smallest absolute Gasteiger partial charge is 0.377 e. The summed E-state index contributed by atoms with van der Waals surface area (Å²) in [5.41, 5.74) is -13.0. The van der Waals surface area contributed by atoms with Crippen LogP contribution >= 0.6 is 0 Å². The minimum Gasteiger partial charge on any atom is -0.377 e. The summed E-state index contributed by atoms with van der Waals surface area (Å²) >= 11 is 0. The van der Waals surface area contributed by atoms with Crippen molar-refractivity contribution in [2.24, 2.45) is 0 Å². The highest BCUT2D eigenvalue weighted by atomic mass is 28.4. The van der Waals surface area contributed by atoms with Crippen LogP contribution in [0, 0.1) is 0 Å².